The van der Waals surface area contributed by atoms with Crippen LogP contribution in [-0.2, 0) is 19.6 Å². The zero-order valence-electron chi connectivity index (χ0n) is 20.8. The molecule has 0 spiro atoms. The smallest absolute Gasteiger partial charge is 0.250 e. The van der Waals surface area contributed by atoms with E-state index in [1.807, 2.05) is 17.0 Å². The number of halogens is 1. The van der Waals surface area contributed by atoms with Crippen LogP contribution in [-0.4, -0.2) is 86.3 Å². The summed E-state index contributed by atoms with van der Waals surface area (Å²) in [5.74, 6) is -0.368. The molecular weight excluding hydrogens is 532 g/mol. The van der Waals surface area contributed by atoms with E-state index in [1.54, 1.807) is 24.3 Å². The first-order valence-corrected chi connectivity index (χ1v) is 15.7. The lowest BCUT2D eigenvalue weighted by molar-refractivity contribution is -0.143. The fraction of sp³-hybridized carbons (Fsp3) is 0.538. The van der Waals surface area contributed by atoms with Gasteiger partial charge in [0.15, 0.2) is 0 Å². The Hall–Kier alpha value is -1.98. The minimum absolute atomic E-state index is 0.00543. The fourth-order valence-corrected chi connectivity index (χ4v) is 8.32. The third-order valence-corrected chi connectivity index (χ3v) is 10.8. The standard InChI is InChI=1S/C26H33ClN4O4S2/c27-20-7-3-6-19(16-20)23-10-11-25(36-23)37(34,35)28-22-9-5-14-30(26(22)33)18-24(32)31-15-4-8-21(31)17-29-12-1-2-13-29/h3,6-7,10-11,16,21-22,28H,1-2,4-5,8-9,12-15,17-18H2/t21-,22-/m0/s1. The first kappa shape index (κ1) is 26.6. The summed E-state index contributed by atoms with van der Waals surface area (Å²) in [7, 11) is -3.89. The highest BCUT2D eigenvalue weighted by atomic mass is 35.5. The van der Waals surface area contributed by atoms with Crippen molar-refractivity contribution in [2.75, 3.05) is 39.3 Å². The van der Waals surface area contributed by atoms with Gasteiger partial charge in [0.25, 0.3) is 10.0 Å². The molecule has 2 amide bonds. The molecule has 0 unspecified atom stereocenters. The highest BCUT2D eigenvalue weighted by Gasteiger charge is 2.36. The summed E-state index contributed by atoms with van der Waals surface area (Å²) in [6.07, 6.45) is 5.47. The van der Waals surface area contributed by atoms with Gasteiger partial charge in [0.05, 0.1) is 6.54 Å². The maximum absolute atomic E-state index is 13.2. The first-order chi connectivity index (χ1) is 17.8. The number of likely N-dealkylation sites (tertiary alicyclic amines) is 3. The molecule has 11 heteroatoms. The Kier molecular flexibility index (Phi) is 8.21. The van der Waals surface area contributed by atoms with Crippen LogP contribution in [0.1, 0.15) is 38.5 Å². The average molecular weight is 565 g/mol. The van der Waals surface area contributed by atoms with Crippen LogP contribution in [0.15, 0.2) is 40.6 Å². The van der Waals surface area contributed by atoms with Gasteiger partial charge in [-0.2, -0.15) is 4.72 Å². The number of benzene rings is 1. The van der Waals surface area contributed by atoms with Gasteiger partial charge in [-0.15, -0.1) is 11.3 Å². The predicted octanol–water partition coefficient (Wildman–Crippen LogP) is 3.42. The monoisotopic (exact) mass is 564 g/mol. The molecule has 0 saturated carbocycles. The second-order valence-electron chi connectivity index (χ2n) is 10.1. The lowest BCUT2D eigenvalue weighted by Crippen LogP contribution is -2.55. The maximum Gasteiger partial charge on any atom is 0.250 e. The third kappa shape index (κ3) is 6.20. The van der Waals surface area contributed by atoms with Gasteiger partial charge in [-0.05, 0) is 81.4 Å². The van der Waals surface area contributed by atoms with E-state index in [2.05, 4.69) is 9.62 Å². The van der Waals surface area contributed by atoms with Gasteiger partial charge >= 0.3 is 0 Å². The van der Waals surface area contributed by atoms with Crippen molar-refractivity contribution in [3.05, 3.63) is 41.4 Å². The molecule has 3 fully saturated rings. The molecule has 0 bridgehead atoms. The van der Waals surface area contributed by atoms with Gasteiger partial charge in [-0.3, -0.25) is 9.59 Å². The molecule has 1 N–H and O–H groups in total. The van der Waals surface area contributed by atoms with E-state index >= 15 is 0 Å². The molecule has 8 nitrogen and oxygen atoms in total. The van der Waals surface area contributed by atoms with Crippen molar-refractivity contribution in [2.45, 2.75) is 54.8 Å². The summed E-state index contributed by atoms with van der Waals surface area (Å²) in [6.45, 7) is 4.28. The quantitative estimate of drug-likeness (QED) is 0.530. The van der Waals surface area contributed by atoms with Gasteiger partial charge in [-0.1, -0.05) is 23.7 Å². The summed E-state index contributed by atoms with van der Waals surface area (Å²) in [4.78, 5) is 33.1. The normalized spacial score (nSPS) is 23.2. The minimum atomic E-state index is -3.89. The van der Waals surface area contributed by atoms with Gasteiger partial charge in [0.1, 0.15) is 10.3 Å². The van der Waals surface area contributed by atoms with Crippen LogP contribution in [0.4, 0.5) is 0 Å². The van der Waals surface area contributed by atoms with E-state index in [9.17, 15) is 18.0 Å². The minimum Gasteiger partial charge on any atom is -0.337 e. The SMILES string of the molecule is O=C1[C@@H](NS(=O)(=O)c2ccc(-c3cccc(Cl)c3)s2)CCCN1CC(=O)N1CCC[C@H]1CN1CCCC1. The van der Waals surface area contributed by atoms with Crippen molar-refractivity contribution in [3.63, 3.8) is 0 Å². The second kappa shape index (κ2) is 11.4. The molecule has 1 aromatic heterocycles. The summed E-state index contributed by atoms with van der Waals surface area (Å²) in [5, 5.41) is 0.576. The third-order valence-electron chi connectivity index (χ3n) is 7.47. The summed E-state index contributed by atoms with van der Waals surface area (Å²) >= 11 is 7.21. The largest absolute Gasteiger partial charge is 0.337 e. The Bertz CT molecular complexity index is 1240. The van der Waals surface area contributed by atoms with Gasteiger partial charge in [0.2, 0.25) is 11.8 Å². The number of carbonyl (C=O) groups excluding carboxylic acids is 2. The number of rotatable bonds is 8. The lowest BCUT2D eigenvalue weighted by atomic mass is 10.1. The fourth-order valence-electron chi connectivity index (χ4n) is 5.58. The van der Waals surface area contributed by atoms with Gasteiger partial charge in [-0.25, -0.2) is 8.42 Å². The molecule has 3 saturated heterocycles. The molecule has 4 heterocycles. The number of hydrogen-bond acceptors (Lipinski definition) is 6. The van der Waals surface area contributed by atoms with Crippen molar-refractivity contribution >= 4 is 44.8 Å². The molecule has 1 aromatic carbocycles. The number of nitrogens with zero attached hydrogens (tertiary/aromatic N) is 3. The Morgan fingerprint density at radius 2 is 1.81 bits per heavy atom. The summed E-state index contributed by atoms with van der Waals surface area (Å²) in [5.41, 5.74) is 0.835. The first-order valence-electron chi connectivity index (χ1n) is 13.0. The lowest BCUT2D eigenvalue weighted by Gasteiger charge is -2.34. The second-order valence-corrected chi connectivity index (χ2v) is 13.6. The number of amides is 2. The molecule has 2 atom stereocenters. The van der Waals surface area contributed by atoms with E-state index in [1.165, 1.54) is 17.7 Å². The van der Waals surface area contributed by atoms with Gasteiger partial charge < -0.3 is 14.7 Å². The van der Waals surface area contributed by atoms with E-state index < -0.39 is 16.1 Å². The number of nitrogens with one attached hydrogen (secondary N) is 1. The van der Waals surface area contributed by atoms with Crippen molar-refractivity contribution in [2.24, 2.45) is 0 Å². The zero-order valence-corrected chi connectivity index (χ0v) is 23.2. The Labute approximate surface area is 227 Å². The Balaban J connectivity index is 1.21. The summed E-state index contributed by atoms with van der Waals surface area (Å²) in [6, 6.07) is 9.86. The topological polar surface area (TPSA) is 90.0 Å². The molecule has 200 valence electrons. The molecule has 3 aliphatic heterocycles. The average Bonchev–Trinajstić information content (AvgIpc) is 3.64. The van der Waals surface area contributed by atoms with Crippen molar-refractivity contribution in [1.29, 1.82) is 0 Å². The number of sulfonamides is 1. The highest BCUT2D eigenvalue weighted by molar-refractivity contribution is 7.91. The predicted molar refractivity (Wildman–Crippen MR) is 145 cm³/mol. The van der Waals surface area contributed by atoms with Crippen molar-refractivity contribution in [3.8, 4) is 10.4 Å². The van der Waals surface area contributed by atoms with Crippen LogP contribution in [0, 0.1) is 0 Å². The molecule has 5 rings (SSSR count). The molecule has 0 aliphatic carbocycles. The zero-order chi connectivity index (χ0) is 26.0. The summed E-state index contributed by atoms with van der Waals surface area (Å²) < 4.78 is 29.0. The van der Waals surface area contributed by atoms with Crippen LogP contribution in [0.3, 0.4) is 0 Å². The van der Waals surface area contributed by atoms with Crippen LogP contribution >= 0.6 is 22.9 Å². The maximum atomic E-state index is 13.2. The van der Waals surface area contributed by atoms with Crippen LogP contribution < -0.4 is 4.72 Å². The highest BCUT2D eigenvalue weighted by Crippen LogP contribution is 2.32. The molecule has 37 heavy (non-hydrogen) atoms. The number of thiophene rings is 1. The molecule has 3 aliphatic rings. The van der Waals surface area contributed by atoms with E-state index in [0.717, 1.165) is 60.8 Å². The van der Waals surface area contributed by atoms with Crippen molar-refractivity contribution < 1.29 is 18.0 Å². The molecular formula is C26H33ClN4O4S2. The van der Waals surface area contributed by atoms with E-state index in [4.69, 9.17) is 11.6 Å². The number of piperidine rings is 1. The Morgan fingerprint density at radius 1 is 1.03 bits per heavy atom. The number of carbonyl (C=O) groups is 2. The van der Waals surface area contributed by atoms with E-state index in [0.29, 0.717) is 24.4 Å². The van der Waals surface area contributed by atoms with Crippen LogP contribution in [0.5, 0.6) is 0 Å². The van der Waals surface area contributed by atoms with E-state index in [-0.39, 0.29) is 28.6 Å². The molecule has 2 aromatic rings. The van der Waals surface area contributed by atoms with Gasteiger partial charge in [0, 0.05) is 35.6 Å². The molecule has 0 radical (unpaired) electrons. The van der Waals surface area contributed by atoms with Crippen LogP contribution in [0.2, 0.25) is 5.02 Å². The van der Waals surface area contributed by atoms with Crippen LogP contribution in [0.25, 0.3) is 10.4 Å². The number of hydrogen-bond donors (Lipinski definition) is 1. The van der Waals surface area contributed by atoms with Crippen molar-refractivity contribution in [1.82, 2.24) is 19.4 Å². The Morgan fingerprint density at radius 3 is 2.59 bits per heavy atom.